The number of hydrogen-bond donors (Lipinski definition) is 0. The molecule has 1 amide bonds. The lowest BCUT2D eigenvalue weighted by Crippen LogP contribution is -2.50. The van der Waals surface area contributed by atoms with Crippen LogP contribution in [-0.2, 0) is 9.53 Å². The molecule has 0 unspecified atom stereocenters. The predicted octanol–water partition coefficient (Wildman–Crippen LogP) is 2.65. The highest BCUT2D eigenvalue weighted by Crippen LogP contribution is 2.31. The van der Waals surface area contributed by atoms with E-state index in [4.69, 9.17) is 9.47 Å². The number of ether oxygens (including phenoxy) is 2. The Labute approximate surface area is 130 Å². The largest absolute Gasteiger partial charge is 0.444 e. The van der Waals surface area contributed by atoms with Gasteiger partial charge >= 0.3 is 12.1 Å². The lowest BCUT2D eigenvalue weighted by molar-refractivity contribution is -0.132. The van der Waals surface area contributed by atoms with Crippen LogP contribution in [0.25, 0.3) is 0 Å². The van der Waals surface area contributed by atoms with E-state index in [1.807, 2.05) is 27.7 Å². The zero-order valence-corrected chi connectivity index (χ0v) is 13.7. The number of likely N-dealkylation sites (tertiary alicyclic amines) is 1. The molecule has 1 aliphatic rings. The van der Waals surface area contributed by atoms with Gasteiger partial charge in [0.15, 0.2) is 0 Å². The summed E-state index contributed by atoms with van der Waals surface area (Å²) in [7, 11) is 0. The van der Waals surface area contributed by atoms with Gasteiger partial charge in [0, 0.05) is 38.2 Å². The van der Waals surface area contributed by atoms with E-state index in [2.05, 4.69) is 4.98 Å². The molecule has 0 saturated carbocycles. The van der Waals surface area contributed by atoms with Crippen LogP contribution in [0.3, 0.4) is 0 Å². The van der Waals surface area contributed by atoms with Crippen molar-refractivity contribution in [3.05, 3.63) is 23.4 Å². The zero-order chi connectivity index (χ0) is 16.5. The van der Waals surface area contributed by atoms with Gasteiger partial charge in [-0.25, -0.2) is 9.78 Å². The molecule has 2 heterocycles. The summed E-state index contributed by atoms with van der Waals surface area (Å²) in [5.41, 5.74) is 1.58. The average Bonchev–Trinajstić information content (AvgIpc) is 2.26. The minimum atomic E-state index is -0.481. The normalized spacial score (nSPS) is 15.2. The molecule has 0 radical (unpaired) electrons. The number of hydrogen-bond acceptors (Lipinski definition) is 5. The molecule has 0 atom stereocenters. The first-order valence-electron chi connectivity index (χ1n) is 7.28. The fourth-order valence-electron chi connectivity index (χ4n) is 2.32. The molecule has 22 heavy (non-hydrogen) atoms. The molecular formula is C16H22N2O4. The quantitative estimate of drug-likeness (QED) is 0.786. The predicted molar refractivity (Wildman–Crippen MR) is 80.8 cm³/mol. The van der Waals surface area contributed by atoms with E-state index >= 15 is 0 Å². The molecule has 2 rings (SSSR count). The maximum atomic E-state index is 11.9. The molecule has 1 fully saturated rings. The van der Waals surface area contributed by atoms with Crippen molar-refractivity contribution < 1.29 is 19.1 Å². The molecular weight excluding hydrogens is 284 g/mol. The molecule has 0 aliphatic carbocycles. The van der Waals surface area contributed by atoms with Crippen LogP contribution < -0.4 is 4.74 Å². The highest BCUT2D eigenvalue weighted by atomic mass is 16.6. The van der Waals surface area contributed by atoms with Crippen LogP contribution in [0.5, 0.6) is 5.88 Å². The third-order valence-corrected chi connectivity index (χ3v) is 3.35. The van der Waals surface area contributed by atoms with Crippen LogP contribution in [-0.4, -0.2) is 40.6 Å². The number of esters is 1. The fourth-order valence-corrected chi connectivity index (χ4v) is 2.32. The highest BCUT2D eigenvalue weighted by Gasteiger charge is 2.35. The van der Waals surface area contributed by atoms with Crippen LogP contribution in [0.4, 0.5) is 4.79 Å². The van der Waals surface area contributed by atoms with Crippen molar-refractivity contribution in [2.45, 2.75) is 46.1 Å². The first kappa shape index (κ1) is 16.3. The second-order valence-corrected chi connectivity index (χ2v) is 6.56. The Balaban J connectivity index is 1.96. The van der Waals surface area contributed by atoms with E-state index in [1.165, 1.54) is 6.92 Å². The topological polar surface area (TPSA) is 68.7 Å². The van der Waals surface area contributed by atoms with Gasteiger partial charge in [-0.3, -0.25) is 4.79 Å². The zero-order valence-electron chi connectivity index (χ0n) is 13.7. The van der Waals surface area contributed by atoms with E-state index in [1.54, 1.807) is 17.2 Å². The first-order chi connectivity index (χ1) is 10.2. The van der Waals surface area contributed by atoms with Crippen LogP contribution in [0.1, 0.15) is 44.7 Å². The summed E-state index contributed by atoms with van der Waals surface area (Å²) in [5, 5.41) is 0. The molecule has 6 heteroatoms. The lowest BCUT2D eigenvalue weighted by atomic mass is 9.90. The van der Waals surface area contributed by atoms with E-state index in [-0.39, 0.29) is 18.0 Å². The van der Waals surface area contributed by atoms with Crippen molar-refractivity contribution >= 4 is 12.1 Å². The molecule has 0 bridgehead atoms. The van der Waals surface area contributed by atoms with Crippen molar-refractivity contribution in [2.24, 2.45) is 0 Å². The maximum Gasteiger partial charge on any atom is 0.410 e. The van der Waals surface area contributed by atoms with E-state index in [0.717, 1.165) is 11.1 Å². The number of carbonyl (C=O) groups is 2. The van der Waals surface area contributed by atoms with Crippen molar-refractivity contribution in [1.29, 1.82) is 0 Å². The number of pyridine rings is 1. The Hall–Kier alpha value is -2.11. The van der Waals surface area contributed by atoms with Crippen LogP contribution in [0.2, 0.25) is 0 Å². The van der Waals surface area contributed by atoms with Crippen molar-refractivity contribution in [1.82, 2.24) is 9.88 Å². The summed E-state index contributed by atoms with van der Waals surface area (Å²) in [5.74, 6) is 0.155. The summed E-state index contributed by atoms with van der Waals surface area (Å²) in [4.78, 5) is 28.6. The summed E-state index contributed by atoms with van der Waals surface area (Å²) >= 11 is 0. The summed E-state index contributed by atoms with van der Waals surface area (Å²) in [6, 6.07) is 1.74. The van der Waals surface area contributed by atoms with Gasteiger partial charge in [0.25, 0.3) is 0 Å². The van der Waals surface area contributed by atoms with Gasteiger partial charge in [0.1, 0.15) is 5.60 Å². The number of aryl methyl sites for hydroxylation is 1. The van der Waals surface area contributed by atoms with E-state index in [9.17, 15) is 9.59 Å². The minimum Gasteiger partial charge on any atom is -0.444 e. The number of aromatic nitrogens is 1. The first-order valence-corrected chi connectivity index (χ1v) is 7.28. The fraction of sp³-hybridized carbons (Fsp3) is 0.562. The smallest absolute Gasteiger partial charge is 0.410 e. The highest BCUT2D eigenvalue weighted by molar-refractivity contribution is 5.70. The minimum absolute atomic E-state index is 0.242. The molecule has 1 aliphatic heterocycles. The van der Waals surface area contributed by atoms with Crippen molar-refractivity contribution in [3.8, 4) is 5.88 Å². The Bertz CT molecular complexity index is 586. The number of amides is 1. The second-order valence-electron chi connectivity index (χ2n) is 6.56. The van der Waals surface area contributed by atoms with Gasteiger partial charge < -0.3 is 14.4 Å². The molecule has 120 valence electrons. The van der Waals surface area contributed by atoms with Gasteiger partial charge in [-0.2, -0.15) is 0 Å². The molecule has 0 spiro atoms. The number of carbonyl (C=O) groups excluding carboxylic acids is 2. The number of nitrogens with zero attached hydrogens (tertiary/aromatic N) is 2. The molecule has 0 N–H and O–H groups in total. The van der Waals surface area contributed by atoms with Crippen molar-refractivity contribution in [3.63, 3.8) is 0 Å². The van der Waals surface area contributed by atoms with Gasteiger partial charge in [0.05, 0.1) is 0 Å². The van der Waals surface area contributed by atoms with E-state index in [0.29, 0.717) is 19.0 Å². The molecule has 1 aromatic rings. The third kappa shape index (κ3) is 3.96. The molecule has 1 saturated heterocycles. The van der Waals surface area contributed by atoms with Crippen LogP contribution >= 0.6 is 0 Å². The van der Waals surface area contributed by atoms with E-state index < -0.39 is 5.60 Å². The monoisotopic (exact) mass is 306 g/mol. The standard InChI is InChI=1S/C16H22N2O4/c1-10-6-14(21-11(2)19)17-7-13(10)12-8-18(9-12)15(20)22-16(3,4)5/h6-7,12H,8-9H2,1-5H3. The summed E-state index contributed by atoms with van der Waals surface area (Å²) < 4.78 is 10.3. The lowest BCUT2D eigenvalue weighted by Gasteiger charge is -2.40. The molecule has 6 nitrogen and oxygen atoms in total. The Morgan fingerprint density at radius 2 is 1.95 bits per heavy atom. The molecule has 0 aromatic carbocycles. The van der Waals surface area contributed by atoms with Crippen LogP contribution in [0, 0.1) is 6.92 Å². The van der Waals surface area contributed by atoms with Gasteiger partial charge in [0.2, 0.25) is 5.88 Å². The Morgan fingerprint density at radius 3 is 2.45 bits per heavy atom. The van der Waals surface area contributed by atoms with Crippen LogP contribution in [0.15, 0.2) is 12.3 Å². The number of rotatable bonds is 2. The third-order valence-electron chi connectivity index (χ3n) is 3.35. The summed E-state index contributed by atoms with van der Waals surface area (Å²) in [6.45, 7) is 10.1. The van der Waals surface area contributed by atoms with Gasteiger partial charge in [-0.1, -0.05) is 0 Å². The molecule has 1 aromatic heterocycles. The van der Waals surface area contributed by atoms with Gasteiger partial charge in [-0.05, 0) is 38.8 Å². The SMILES string of the molecule is CC(=O)Oc1cc(C)c(C2CN(C(=O)OC(C)(C)C)C2)cn1. The summed E-state index contributed by atoms with van der Waals surface area (Å²) in [6.07, 6.45) is 1.43. The average molecular weight is 306 g/mol. The maximum absolute atomic E-state index is 11.9. The van der Waals surface area contributed by atoms with Gasteiger partial charge in [-0.15, -0.1) is 0 Å². The van der Waals surface area contributed by atoms with Crippen molar-refractivity contribution in [2.75, 3.05) is 13.1 Å². The second kappa shape index (κ2) is 5.94. The Morgan fingerprint density at radius 1 is 1.32 bits per heavy atom. The Kier molecular flexibility index (Phi) is 4.39.